The number of hydrogen-bond donors (Lipinski definition) is 2. The zero-order valence-corrected chi connectivity index (χ0v) is 12.5. The molecule has 20 heavy (non-hydrogen) atoms. The van der Waals surface area contributed by atoms with Crippen LogP contribution in [0.15, 0.2) is 24.3 Å². The number of amides is 1. The number of likely N-dealkylation sites (tertiary alicyclic amines) is 1. The van der Waals surface area contributed by atoms with Crippen molar-refractivity contribution in [2.24, 2.45) is 17.4 Å². The van der Waals surface area contributed by atoms with E-state index in [1.165, 1.54) is 0 Å². The van der Waals surface area contributed by atoms with Crippen molar-refractivity contribution in [3.05, 3.63) is 34.9 Å². The number of nitrogens with two attached hydrogens (primary N) is 2. The molecule has 110 valence electrons. The zero-order valence-electron chi connectivity index (χ0n) is 11.8. The summed E-state index contributed by atoms with van der Waals surface area (Å²) in [7, 11) is 0. The van der Waals surface area contributed by atoms with Crippen molar-refractivity contribution in [1.29, 1.82) is 0 Å². The zero-order chi connectivity index (χ0) is 14.7. The summed E-state index contributed by atoms with van der Waals surface area (Å²) in [6, 6.07) is 8.14. The Balaban J connectivity index is 2.25. The maximum atomic E-state index is 11.5. The van der Waals surface area contributed by atoms with Crippen LogP contribution in [0, 0.1) is 5.92 Å². The first kappa shape index (κ1) is 15.3. The third-order valence-electron chi connectivity index (χ3n) is 4.22. The fourth-order valence-corrected chi connectivity index (χ4v) is 3.25. The lowest BCUT2D eigenvalue weighted by molar-refractivity contribution is -0.124. The Labute approximate surface area is 125 Å². The van der Waals surface area contributed by atoms with Crippen LogP contribution in [-0.4, -0.2) is 29.9 Å². The molecule has 4 N–H and O–H groups in total. The van der Waals surface area contributed by atoms with E-state index in [1.807, 2.05) is 24.3 Å². The van der Waals surface area contributed by atoms with E-state index >= 15 is 0 Å². The number of carbonyl (C=O) groups excluding carboxylic acids is 1. The van der Waals surface area contributed by atoms with Gasteiger partial charge in [-0.25, -0.2) is 0 Å². The van der Waals surface area contributed by atoms with Gasteiger partial charge in [0.25, 0.3) is 0 Å². The van der Waals surface area contributed by atoms with Crippen molar-refractivity contribution in [3.63, 3.8) is 0 Å². The van der Waals surface area contributed by atoms with Gasteiger partial charge in [-0.2, -0.15) is 0 Å². The van der Waals surface area contributed by atoms with Crippen LogP contribution in [0.3, 0.4) is 0 Å². The second-order valence-electron chi connectivity index (χ2n) is 5.50. The normalized spacial score (nSPS) is 25.4. The predicted octanol–water partition coefficient (Wildman–Crippen LogP) is 1.93. The van der Waals surface area contributed by atoms with Crippen molar-refractivity contribution in [1.82, 2.24) is 4.90 Å². The lowest BCUT2D eigenvalue weighted by atomic mass is 9.90. The van der Waals surface area contributed by atoms with Crippen LogP contribution in [0.5, 0.6) is 0 Å². The van der Waals surface area contributed by atoms with Gasteiger partial charge in [0.1, 0.15) is 0 Å². The monoisotopic (exact) mass is 295 g/mol. The molecule has 1 aliphatic heterocycles. The number of nitrogens with zero attached hydrogens (tertiary/aromatic N) is 1. The first-order valence-corrected chi connectivity index (χ1v) is 7.42. The second-order valence-corrected chi connectivity index (χ2v) is 5.90. The van der Waals surface area contributed by atoms with Gasteiger partial charge in [-0.3, -0.25) is 9.69 Å². The summed E-state index contributed by atoms with van der Waals surface area (Å²) in [4.78, 5) is 13.7. The fraction of sp³-hybridized carbons (Fsp3) is 0.533. The van der Waals surface area contributed by atoms with E-state index in [2.05, 4.69) is 11.8 Å². The van der Waals surface area contributed by atoms with Crippen LogP contribution in [0.1, 0.15) is 31.4 Å². The first-order chi connectivity index (χ1) is 9.54. The molecular weight excluding hydrogens is 274 g/mol. The van der Waals surface area contributed by atoms with E-state index in [9.17, 15) is 4.79 Å². The highest BCUT2D eigenvalue weighted by Gasteiger charge is 2.33. The third-order valence-corrected chi connectivity index (χ3v) is 4.56. The summed E-state index contributed by atoms with van der Waals surface area (Å²) >= 11 is 6.29. The minimum absolute atomic E-state index is 0.0286. The number of halogens is 1. The van der Waals surface area contributed by atoms with Crippen LogP contribution in [-0.2, 0) is 4.79 Å². The summed E-state index contributed by atoms with van der Waals surface area (Å²) in [6.45, 7) is 3.29. The van der Waals surface area contributed by atoms with Gasteiger partial charge in [0.15, 0.2) is 0 Å². The van der Waals surface area contributed by atoms with Gasteiger partial charge in [-0.15, -0.1) is 0 Å². The van der Waals surface area contributed by atoms with E-state index in [0.717, 1.165) is 23.4 Å². The Morgan fingerprint density at radius 1 is 1.45 bits per heavy atom. The van der Waals surface area contributed by atoms with E-state index < -0.39 is 0 Å². The fourth-order valence-electron chi connectivity index (χ4n) is 2.99. The molecule has 4 nitrogen and oxygen atoms in total. The van der Waals surface area contributed by atoms with Gasteiger partial charge in [-0.1, -0.05) is 29.8 Å². The summed E-state index contributed by atoms with van der Waals surface area (Å²) in [5, 5.41) is 0.719. The number of carbonyl (C=O) groups is 1. The van der Waals surface area contributed by atoms with Gasteiger partial charge >= 0.3 is 0 Å². The van der Waals surface area contributed by atoms with Gasteiger partial charge in [-0.05, 0) is 31.4 Å². The number of benzene rings is 1. The molecule has 1 aliphatic rings. The van der Waals surface area contributed by atoms with Crippen molar-refractivity contribution in [2.45, 2.75) is 31.8 Å². The minimum Gasteiger partial charge on any atom is -0.369 e. The van der Waals surface area contributed by atoms with E-state index in [0.29, 0.717) is 19.1 Å². The Morgan fingerprint density at radius 2 is 2.15 bits per heavy atom. The topological polar surface area (TPSA) is 72.4 Å². The van der Waals surface area contributed by atoms with Crippen LogP contribution >= 0.6 is 11.6 Å². The molecule has 0 aliphatic carbocycles. The van der Waals surface area contributed by atoms with Crippen molar-refractivity contribution in [3.8, 4) is 0 Å². The molecule has 1 amide bonds. The van der Waals surface area contributed by atoms with Crippen LogP contribution < -0.4 is 11.5 Å². The van der Waals surface area contributed by atoms with E-state index in [1.54, 1.807) is 0 Å². The molecule has 0 saturated carbocycles. The Bertz CT molecular complexity index is 480. The maximum Gasteiger partial charge on any atom is 0.221 e. The molecular formula is C15H22ClN3O. The predicted molar refractivity (Wildman–Crippen MR) is 81.3 cm³/mol. The highest BCUT2D eigenvalue weighted by molar-refractivity contribution is 6.31. The quantitative estimate of drug-likeness (QED) is 0.891. The molecule has 0 radical (unpaired) electrons. The Hall–Kier alpha value is -1.10. The van der Waals surface area contributed by atoms with Crippen molar-refractivity contribution < 1.29 is 4.79 Å². The first-order valence-electron chi connectivity index (χ1n) is 7.04. The summed E-state index contributed by atoms with van der Waals surface area (Å²) in [6.07, 6.45) is 1.81. The Morgan fingerprint density at radius 3 is 2.75 bits per heavy atom. The molecule has 1 aromatic carbocycles. The molecule has 1 saturated heterocycles. The van der Waals surface area contributed by atoms with Gasteiger partial charge in [0.05, 0.1) is 5.92 Å². The van der Waals surface area contributed by atoms with Crippen molar-refractivity contribution >= 4 is 17.5 Å². The minimum atomic E-state index is -0.225. The average Bonchev–Trinajstić information content (AvgIpc) is 2.43. The molecule has 2 rings (SSSR count). The second kappa shape index (κ2) is 6.57. The third kappa shape index (κ3) is 3.14. The molecule has 3 atom stereocenters. The van der Waals surface area contributed by atoms with Gasteiger partial charge < -0.3 is 11.5 Å². The lowest BCUT2D eigenvalue weighted by Gasteiger charge is -2.42. The standard InChI is InChI=1S/C15H22ClN3O/c1-10-6-7-11(15(18)20)9-19(10)14(8-17)12-4-2-3-5-13(12)16/h2-5,10-11,14H,6-9,17H2,1H3,(H2,18,20). The van der Waals surface area contributed by atoms with E-state index in [-0.39, 0.29) is 17.9 Å². The SMILES string of the molecule is CC1CCC(C(N)=O)CN1C(CN)c1ccccc1Cl. The van der Waals surface area contributed by atoms with Gasteiger partial charge in [0.2, 0.25) is 5.91 Å². The average molecular weight is 296 g/mol. The lowest BCUT2D eigenvalue weighted by Crippen LogP contribution is -2.49. The largest absolute Gasteiger partial charge is 0.369 e. The van der Waals surface area contributed by atoms with Crippen LogP contribution in [0.2, 0.25) is 5.02 Å². The molecule has 1 heterocycles. The molecule has 0 bridgehead atoms. The molecule has 0 spiro atoms. The highest BCUT2D eigenvalue weighted by atomic mass is 35.5. The number of primary amides is 1. The molecule has 5 heteroatoms. The highest BCUT2D eigenvalue weighted by Crippen LogP contribution is 2.33. The summed E-state index contributed by atoms with van der Waals surface area (Å²) in [5.41, 5.74) is 12.5. The molecule has 0 aromatic heterocycles. The summed E-state index contributed by atoms with van der Waals surface area (Å²) < 4.78 is 0. The summed E-state index contributed by atoms with van der Waals surface area (Å²) in [5.74, 6) is -0.320. The molecule has 1 fully saturated rings. The van der Waals surface area contributed by atoms with E-state index in [4.69, 9.17) is 23.1 Å². The molecule has 3 unspecified atom stereocenters. The van der Waals surface area contributed by atoms with Crippen LogP contribution in [0.4, 0.5) is 0 Å². The van der Waals surface area contributed by atoms with Crippen LogP contribution in [0.25, 0.3) is 0 Å². The number of hydrogen-bond acceptors (Lipinski definition) is 3. The maximum absolute atomic E-state index is 11.5. The number of rotatable bonds is 4. The Kier molecular flexibility index (Phi) is 5.02. The van der Waals surface area contributed by atoms with Gasteiger partial charge in [0, 0.05) is 30.2 Å². The van der Waals surface area contributed by atoms with Crippen molar-refractivity contribution in [2.75, 3.05) is 13.1 Å². The molecule has 1 aromatic rings. The number of piperidine rings is 1. The smallest absolute Gasteiger partial charge is 0.221 e.